The summed E-state index contributed by atoms with van der Waals surface area (Å²) in [7, 11) is 0. The van der Waals surface area contributed by atoms with E-state index in [0.717, 1.165) is 22.0 Å². The maximum absolute atomic E-state index is 12.5. The number of aryl methyl sites for hydroxylation is 2. The van der Waals surface area contributed by atoms with Gasteiger partial charge in [0, 0.05) is 16.1 Å². The molecule has 27 heavy (non-hydrogen) atoms. The van der Waals surface area contributed by atoms with Crippen LogP contribution in [0.5, 0.6) is 0 Å². The topological polar surface area (TPSA) is 71.1 Å². The first-order valence-corrected chi connectivity index (χ1v) is 8.94. The van der Waals surface area contributed by atoms with Crippen molar-refractivity contribution in [2.24, 2.45) is 0 Å². The van der Waals surface area contributed by atoms with Gasteiger partial charge in [-0.25, -0.2) is 0 Å². The van der Waals surface area contributed by atoms with E-state index >= 15 is 0 Å². The predicted octanol–water partition coefficient (Wildman–Crippen LogP) is 4.18. The Morgan fingerprint density at radius 2 is 1.85 bits per heavy atom. The Morgan fingerprint density at radius 3 is 2.63 bits per heavy atom. The molecule has 0 radical (unpaired) electrons. The summed E-state index contributed by atoms with van der Waals surface area (Å²) < 4.78 is 0. The summed E-state index contributed by atoms with van der Waals surface area (Å²) in [6.45, 7) is 5.45. The number of anilines is 1. The Labute approximate surface area is 162 Å². The molecule has 0 unspecified atom stereocenters. The van der Waals surface area contributed by atoms with Crippen molar-refractivity contribution < 1.29 is 9.59 Å². The van der Waals surface area contributed by atoms with Crippen LogP contribution in [0.2, 0.25) is 5.02 Å². The van der Waals surface area contributed by atoms with Gasteiger partial charge in [-0.05, 0) is 56.7 Å². The molecule has 2 aromatic carbocycles. The summed E-state index contributed by atoms with van der Waals surface area (Å²) in [4.78, 5) is 29.2. The van der Waals surface area contributed by atoms with Crippen LogP contribution in [0.15, 0.2) is 42.5 Å². The van der Waals surface area contributed by atoms with Crippen molar-refractivity contribution in [1.29, 1.82) is 0 Å². The zero-order valence-electron chi connectivity index (χ0n) is 15.4. The highest BCUT2D eigenvalue weighted by Gasteiger charge is 2.14. The fourth-order valence-corrected chi connectivity index (χ4v) is 2.99. The summed E-state index contributed by atoms with van der Waals surface area (Å²) in [5.41, 5.74) is 4.42. The second kappa shape index (κ2) is 7.76. The molecule has 1 aromatic heterocycles. The molecule has 0 bridgehead atoms. The van der Waals surface area contributed by atoms with Gasteiger partial charge in [0.05, 0.1) is 23.3 Å². The van der Waals surface area contributed by atoms with Gasteiger partial charge in [0.15, 0.2) is 0 Å². The van der Waals surface area contributed by atoms with E-state index in [0.29, 0.717) is 22.0 Å². The zero-order valence-corrected chi connectivity index (χ0v) is 16.1. The number of carbonyl (C=O) groups is 2. The molecule has 0 spiro atoms. The number of carbonyl (C=O) groups excluding carboxylic acids is 2. The molecule has 0 fully saturated rings. The molecule has 3 rings (SSSR count). The maximum Gasteiger partial charge on any atom is 0.253 e. The summed E-state index contributed by atoms with van der Waals surface area (Å²) >= 11 is 6.05. The zero-order chi connectivity index (χ0) is 19.6. The number of amides is 2. The van der Waals surface area contributed by atoms with E-state index in [-0.39, 0.29) is 18.4 Å². The van der Waals surface area contributed by atoms with Crippen LogP contribution in [0.4, 0.5) is 5.69 Å². The van der Waals surface area contributed by atoms with Crippen molar-refractivity contribution in [2.45, 2.75) is 20.8 Å². The third-order valence-corrected chi connectivity index (χ3v) is 4.77. The fraction of sp³-hybridized carbons (Fsp3) is 0.190. The van der Waals surface area contributed by atoms with Crippen molar-refractivity contribution >= 4 is 40.0 Å². The molecule has 0 aliphatic carbocycles. The van der Waals surface area contributed by atoms with Crippen LogP contribution in [-0.4, -0.2) is 23.3 Å². The van der Waals surface area contributed by atoms with E-state index in [1.165, 1.54) is 0 Å². The minimum absolute atomic E-state index is 0.143. The smallest absolute Gasteiger partial charge is 0.253 e. The van der Waals surface area contributed by atoms with Crippen molar-refractivity contribution in [3.63, 3.8) is 0 Å². The van der Waals surface area contributed by atoms with Crippen LogP contribution in [0.3, 0.4) is 0 Å². The number of hydrogen-bond donors (Lipinski definition) is 2. The van der Waals surface area contributed by atoms with Gasteiger partial charge in [-0.2, -0.15) is 0 Å². The first kappa shape index (κ1) is 18.9. The molecule has 0 saturated carbocycles. The monoisotopic (exact) mass is 381 g/mol. The summed E-state index contributed by atoms with van der Waals surface area (Å²) in [5, 5.41) is 6.87. The molecular weight excluding hydrogens is 362 g/mol. The van der Waals surface area contributed by atoms with Gasteiger partial charge in [0.2, 0.25) is 5.91 Å². The average Bonchev–Trinajstić information content (AvgIpc) is 2.63. The Hall–Kier alpha value is -2.92. The highest BCUT2D eigenvalue weighted by Crippen LogP contribution is 2.22. The molecule has 0 saturated heterocycles. The third-order valence-electron chi connectivity index (χ3n) is 4.36. The van der Waals surface area contributed by atoms with Gasteiger partial charge in [0.25, 0.3) is 5.91 Å². The van der Waals surface area contributed by atoms with Crippen LogP contribution >= 0.6 is 11.6 Å². The molecule has 6 heteroatoms. The second-order valence-electron chi connectivity index (χ2n) is 6.46. The number of nitrogens with one attached hydrogen (secondary N) is 2. The van der Waals surface area contributed by atoms with E-state index in [2.05, 4.69) is 15.6 Å². The Balaban J connectivity index is 1.70. The largest absolute Gasteiger partial charge is 0.343 e. The molecule has 3 aromatic rings. The number of nitrogens with zero attached hydrogens (tertiary/aromatic N) is 1. The Kier molecular flexibility index (Phi) is 5.42. The molecule has 2 N–H and O–H groups in total. The van der Waals surface area contributed by atoms with Crippen molar-refractivity contribution in [3.05, 3.63) is 69.9 Å². The van der Waals surface area contributed by atoms with E-state index in [1.54, 1.807) is 31.2 Å². The number of fused-ring (bicyclic) bond motifs is 1. The van der Waals surface area contributed by atoms with Gasteiger partial charge in [-0.1, -0.05) is 29.3 Å². The van der Waals surface area contributed by atoms with Crippen LogP contribution in [0, 0.1) is 20.8 Å². The lowest BCUT2D eigenvalue weighted by Crippen LogP contribution is -2.33. The number of rotatable bonds is 4. The summed E-state index contributed by atoms with van der Waals surface area (Å²) in [6.07, 6.45) is 0. The lowest BCUT2D eigenvalue weighted by molar-refractivity contribution is -0.115. The molecular formula is C21H20ClN3O2. The summed E-state index contributed by atoms with van der Waals surface area (Å²) in [6, 6.07) is 13.0. The van der Waals surface area contributed by atoms with Crippen LogP contribution < -0.4 is 10.6 Å². The van der Waals surface area contributed by atoms with Gasteiger partial charge in [-0.15, -0.1) is 0 Å². The highest BCUT2D eigenvalue weighted by molar-refractivity contribution is 6.31. The fourth-order valence-electron chi connectivity index (χ4n) is 2.82. The Morgan fingerprint density at radius 1 is 1.07 bits per heavy atom. The van der Waals surface area contributed by atoms with E-state index in [4.69, 9.17) is 11.6 Å². The molecule has 0 aliphatic rings. The van der Waals surface area contributed by atoms with Crippen LogP contribution in [0.1, 0.15) is 27.2 Å². The van der Waals surface area contributed by atoms with Crippen molar-refractivity contribution in [3.8, 4) is 0 Å². The number of hydrogen-bond acceptors (Lipinski definition) is 3. The lowest BCUT2D eigenvalue weighted by Gasteiger charge is -2.11. The number of aromatic nitrogens is 1. The number of halogens is 1. The molecule has 1 heterocycles. The normalized spacial score (nSPS) is 10.7. The average molecular weight is 382 g/mol. The van der Waals surface area contributed by atoms with Gasteiger partial charge in [0.1, 0.15) is 0 Å². The van der Waals surface area contributed by atoms with Crippen molar-refractivity contribution in [2.75, 3.05) is 11.9 Å². The minimum atomic E-state index is -0.332. The number of benzene rings is 2. The highest BCUT2D eigenvalue weighted by atomic mass is 35.5. The molecule has 5 nitrogen and oxygen atoms in total. The standard InChI is InChI=1S/C21H20ClN3O2/c1-12-7-8-19-15(9-12)10-16(14(3)24-19)21(27)23-11-20(26)25-18-6-4-5-17(22)13(18)2/h4-10H,11H2,1-3H3,(H,23,27)(H,25,26). The third kappa shape index (κ3) is 4.26. The maximum atomic E-state index is 12.5. The molecule has 2 amide bonds. The predicted molar refractivity (Wildman–Crippen MR) is 108 cm³/mol. The first-order chi connectivity index (χ1) is 12.8. The molecule has 0 aliphatic heterocycles. The van der Waals surface area contributed by atoms with Crippen molar-refractivity contribution in [1.82, 2.24) is 10.3 Å². The lowest BCUT2D eigenvalue weighted by atomic mass is 10.1. The number of pyridine rings is 1. The Bertz CT molecular complexity index is 1050. The van der Waals surface area contributed by atoms with Gasteiger partial charge < -0.3 is 10.6 Å². The molecule has 138 valence electrons. The van der Waals surface area contributed by atoms with E-state index < -0.39 is 0 Å². The van der Waals surface area contributed by atoms with Crippen LogP contribution in [-0.2, 0) is 4.79 Å². The van der Waals surface area contributed by atoms with Gasteiger partial charge in [-0.3, -0.25) is 14.6 Å². The first-order valence-electron chi connectivity index (χ1n) is 8.56. The second-order valence-corrected chi connectivity index (χ2v) is 6.87. The van der Waals surface area contributed by atoms with E-state index in [9.17, 15) is 9.59 Å². The molecule has 0 atom stereocenters. The SMILES string of the molecule is Cc1ccc2nc(C)c(C(=O)NCC(=O)Nc3cccc(Cl)c3C)cc2c1. The van der Waals surface area contributed by atoms with Crippen LogP contribution in [0.25, 0.3) is 10.9 Å². The quantitative estimate of drug-likeness (QED) is 0.712. The van der Waals surface area contributed by atoms with E-state index in [1.807, 2.05) is 32.0 Å². The van der Waals surface area contributed by atoms with Gasteiger partial charge >= 0.3 is 0 Å². The minimum Gasteiger partial charge on any atom is -0.343 e. The summed E-state index contributed by atoms with van der Waals surface area (Å²) in [5.74, 6) is -0.655.